The van der Waals surface area contributed by atoms with Gasteiger partial charge in [0.25, 0.3) is 0 Å². The molecule has 9 rings (SSSR count). The Morgan fingerprint density at radius 3 is 1.76 bits per heavy atom. The molecule has 0 atom stereocenters. The number of para-hydroxylation sites is 3. The summed E-state index contributed by atoms with van der Waals surface area (Å²) in [5, 5.41) is 7.63. The monoisotopic (exact) mass is 534 g/mol. The van der Waals surface area contributed by atoms with Gasteiger partial charge in [0, 0.05) is 32.9 Å². The van der Waals surface area contributed by atoms with Crippen LogP contribution in [0.15, 0.2) is 158 Å². The van der Waals surface area contributed by atoms with Crippen LogP contribution in [0.3, 0.4) is 0 Å². The van der Waals surface area contributed by atoms with Gasteiger partial charge in [0.2, 0.25) is 0 Å². The van der Waals surface area contributed by atoms with Gasteiger partial charge in [-0.05, 0) is 64.4 Å². The molecule has 0 aliphatic carbocycles. The highest BCUT2D eigenvalue weighted by Crippen LogP contribution is 2.42. The van der Waals surface area contributed by atoms with E-state index in [0.29, 0.717) is 0 Å². The van der Waals surface area contributed by atoms with Crippen molar-refractivity contribution >= 4 is 54.4 Å². The molecule has 42 heavy (non-hydrogen) atoms. The minimum atomic E-state index is 1.16. The van der Waals surface area contributed by atoms with E-state index < -0.39 is 0 Å². The van der Waals surface area contributed by atoms with Crippen molar-refractivity contribution in [1.29, 1.82) is 0 Å². The molecule has 0 aliphatic heterocycles. The second-order valence-corrected chi connectivity index (χ2v) is 11.0. The third-order valence-electron chi connectivity index (χ3n) is 8.71. The van der Waals surface area contributed by atoms with Crippen molar-refractivity contribution < 1.29 is 0 Å². The van der Waals surface area contributed by atoms with Gasteiger partial charge in [-0.3, -0.25) is 0 Å². The molecule has 0 radical (unpaired) electrons. The Kier molecular flexibility index (Phi) is 4.93. The molecular weight excluding hydrogens is 508 g/mol. The largest absolute Gasteiger partial charge is 0.309 e. The van der Waals surface area contributed by atoms with Crippen LogP contribution in [-0.4, -0.2) is 9.13 Å². The maximum atomic E-state index is 2.44. The lowest BCUT2D eigenvalue weighted by molar-refractivity contribution is 1.17. The molecule has 7 aromatic carbocycles. The van der Waals surface area contributed by atoms with E-state index in [0.717, 1.165) is 5.69 Å². The summed E-state index contributed by atoms with van der Waals surface area (Å²) in [6.07, 6.45) is 0. The van der Waals surface area contributed by atoms with Crippen molar-refractivity contribution in [3.63, 3.8) is 0 Å². The number of fused-ring (bicyclic) bond motifs is 8. The zero-order chi connectivity index (χ0) is 27.6. The lowest BCUT2D eigenvalue weighted by Crippen LogP contribution is -1.95. The van der Waals surface area contributed by atoms with Gasteiger partial charge in [0.05, 0.1) is 22.1 Å². The molecule has 2 nitrogen and oxygen atoms in total. The van der Waals surface area contributed by atoms with Gasteiger partial charge < -0.3 is 9.13 Å². The summed E-state index contributed by atoms with van der Waals surface area (Å²) in [5.74, 6) is 0. The highest BCUT2D eigenvalue weighted by atomic mass is 15.0. The fourth-order valence-electron chi connectivity index (χ4n) is 6.90. The first kappa shape index (κ1) is 23.1. The second kappa shape index (κ2) is 8.95. The van der Waals surface area contributed by atoms with Crippen molar-refractivity contribution in [1.82, 2.24) is 9.13 Å². The molecule has 0 unspecified atom stereocenters. The van der Waals surface area contributed by atoms with Gasteiger partial charge in [-0.25, -0.2) is 0 Å². The SMILES string of the molecule is c1ccc(-n2c3ccccc3c3ccc4c(c5ccccc5n4-c4ccc(-c5cccc6ccccc56)cc4)c32)cc1. The van der Waals surface area contributed by atoms with E-state index in [-0.39, 0.29) is 0 Å². The molecule has 2 heteroatoms. The van der Waals surface area contributed by atoms with Gasteiger partial charge in [-0.15, -0.1) is 0 Å². The Labute approximate surface area is 243 Å². The third kappa shape index (κ3) is 3.27. The van der Waals surface area contributed by atoms with Crippen LogP contribution in [0, 0.1) is 0 Å². The molecule has 0 aliphatic rings. The fraction of sp³-hybridized carbons (Fsp3) is 0. The van der Waals surface area contributed by atoms with Crippen LogP contribution < -0.4 is 0 Å². The van der Waals surface area contributed by atoms with Crippen LogP contribution >= 0.6 is 0 Å². The van der Waals surface area contributed by atoms with Crippen molar-refractivity contribution in [3.8, 4) is 22.5 Å². The molecule has 9 aromatic rings. The van der Waals surface area contributed by atoms with Gasteiger partial charge in [0.15, 0.2) is 0 Å². The first-order valence-corrected chi connectivity index (χ1v) is 14.5. The maximum absolute atomic E-state index is 2.44. The average Bonchev–Trinajstić information content (AvgIpc) is 3.58. The Bertz CT molecular complexity index is 2440. The zero-order valence-corrected chi connectivity index (χ0v) is 22.9. The van der Waals surface area contributed by atoms with Crippen LogP contribution in [0.4, 0.5) is 0 Å². The van der Waals surface area contributed by atoms with Crippen molar-refractivity contribution in [2.75, 3.05) is 0 Å². The van der Waals surface area contributed by atoms with E-state index >= 15 is 0 Å². The second-order valence-electron chi connectivity index (χ2n) is 11.0. The number of nitrogens with zero attached hydrogens (tertiary/aromatic N) is 2. The summed E-state index contributed by atoms with van der Waals surface area (Å²) in [6, 6.07) is 57.1. The average molecular weight is 535 g/mol. The summed E-state index contributed by atoms with van der Waals surface area (Å²) in [4.78, 5) is 0. The van der Waals surface area contributed by atoms with Crippen molar-refractivity contribution in [3.05, 3.63) is 158 Å². The third-order valence-corrected chi connectivity index (χ3v) is 8.71. The lowest BCUT2D eigenvalue weighted by atomic mass is 9.98. The Balaban J connectivity index is 1.34. The molecule has 0 saturated heterocycles. The summed E-state index contributed by atoms with van der Waals surface area (Å²) in [7, 11) is 0. The number of hydrogen-bond acceptors (Lipinski definition) is 0. The highest BCUT2D eigenvalue weighted by molar-refractivity contribution is 6.26. The molecule has 2 aromatic heterocycles. The minimum absolute atomic E-state index is 1.16. The van der Waals surface area contributed by atoms with Crippen LogP contribution in [-0.2, 0) is 0 Å². The van der Waals surface area contributed by atoms with Gasteiger partial charge in [-0.2, -0.15) is 0 Å². The van der Waals surface area contributed by atoms with Crippen molar-refractivity contribution in [2.45, 2.75) is 0 Å². The first-order chi connectivity index (χ1) is 20.9. The molecule has 0 spiro atoms. The number of rotatable bonds is 3. The molecular formula is C40H26N2. The highest BCUT2D eigenvalue weighted by Gasteiger charge is 2.20. The van der Waals surface area contributed by atoms with E-state index in [1.807, 2.05) is 0 Å². The van der Waals surface area contributed by atoms with Gasteiger partial charge >= 0.3 is 0 Å². The van der Waals surface area contributed by atoms with Gasteiger partial charge in [-0.1, -0.05) is 115 Å². The predicted octanol–water partition coefficient (Wildman–Crippen LogP) is 10.7. The fourth-order valence-corrected chi connectivity index (χ4v) is 6.90. The van der Waals surface area contributed by atoms with E-state index in [2.05, 4.69) is 167 Å². The normalized spacial score (nSPS) is 11.8. The minimum Gasteiger partial charge on any atom is -0.309 e. The molecule has 0 amide bonds. The molecule has 196 valence electrons. The van der Waals surface area contributed by atoms with Gasteiger partial charge in [0.1, 0.15) is 0 Å². The number of hydrogen-bond donors (Lipinski definition) is 0. The van der Waals surface area contributed by atoms with Crippen LogP contribution in [0.2, 0.25) is 0 Å². The van der Waals surface area contributed by atoms with Crippen LogP contribution in [0.1, 0.15) is 0 Å². The van der Waals surface area contributed by atoms with E-state index in [1.165, 1.54) is 71.2 Å². The Morgan fingerprint density at radius 2 is 0.952 bits per heavy atom. The summed E-state index contributed by atoms with van der Waals surface area (Å²) in [6.45, 7) is 0. The lowest BCUT2D eigenvalue weighted by Gasteiger charge is -2.11. The Hall–Kier alpha value is -5.60. The van der Waals surface area contributed by atoms with E-state index in [1.54, 1.807) is 0 Å². The van der Waals surface area contributed by atoms with Crippen LogP contribution in [0.25, 0.3) is 76.9 Å². The zero-order valence-electron chi connectivity index (χ0n) is 22.9. The quantitative estimate of drug-likeness (QED) is 0.213. The van der Waals surface area contributed by atoms with Crippen molar-refractivity contribution in [2.24, 2.45) is 0 Å². The topological polar surface area (TPSA) is 9.86 Å². The summed E-state index contributed by atoms with van der Waals surface area (Å²) in [5.41, 5.74) is 9.72. The molecule has 2 heterocycles. The molecule has 0 N–H and O–H groups in total. The standard InChI is InChI=1S/C40H26N2/c1-2-13-29(14-3-1)42-36-19-8-6-16-33(36)34-25-26-38-39(40(34)42)35-17-7-9-20-37(35)41(38)30-23-21-28(22-24-30)32-18-10-12-27-11-4-5-15-31(27)32/h1-26H. The maximum Gasteiger partial charge on any atom is 0.0641 e. The first-order valence-electron chi connectivity index (χ1n) is 14.5. The summed E-state index contributed by atoms with van der Waals surface area (Å²) >= 11 is 0. The Morgan fingerprint density at radius 1 is 0.333 bits per heavy atom. The predicted molar refractivity (Wildman–Crippen MR) is 178 cm³/mol. The smallest absolute Gasteiger partial charge is 0.0641 e. The van der Waals surface area contributed by atoms with E-state index in [9.17, 15) is 0 Å². The molecule has 0 saturated carbocycles. The molecule has 0 fully saturated rings. The number of aromatic nitrogens is 2. The van der Waals surface area contributed by atoms with E-state index in [4.69, 9.17) is 0 Å². The number of benzene rings is 7. The van der Waals surface area contributed by atoms with Crippen LogP contribution in [0.5, 0.6) is 0 Å². The summed E-state index contributed by atoms with van der Waals surface area (Å²) < 4.78 is 4.86. The molecule has 0 bridgehead atoms.